The Hall–Kier alpha value is 0.210. The van der Waals surface area contributed by atoms with E-state index in [1.54, 1.807) is 0 Å². The highest BCUT2D eigenvalue weighted by molar-refractivity contribution is 6.20. The van der Waals surface area contributed by atoms with Crippen molar-refractivity contribution in [3.63, 3.8) is 0 Å². The molecule has 1 atom stereocenters. The van der Waals surface area contributed by atoms with Crippen LogP contribution in [0.2, 0.25) is 0 Å². The summed E-state index contributed by atoms with van der Waals surface area (Å²) in [4.78, 5) is 5.23. The smallest absolute Gasteiger partial charge is 0.0337 e. The first kappa shape index (κ1) is 12.7. The van der Waals surface area contributed by atoms with Crippen LogP contribution in [0.25, 0.3) is 0 Å². The van der Waals surface area contributed by atoms with Gasteiger partial charge >= 0.3 is 0 Å². The highest BCUT2D eigenvalue weighted by Crippen LogP contribution is 2.23. The largest absolute Gasteiger partial charge is 0.302 e. The predicted octanol–water partition coefficient (Wildman–Crippen LogP) is 2.42. The quantitative estimate of drug-likeness (QED) is 0.701. The van der Waals surface area contributed by atoms with Gasteiger partial charge in [0.1, 0.15) is 0 Å². The van der Waals surface area contributed by atoms with Gasteiger partial charge in [-0.3, -0.25) is 0 Å². The average molecular weight is 245 g/mol. The Labute approximate surface area is 105 Å². The molecule has 1 unspecified atom stereocenters. The van der Waals surface area contributed by atoms with Gasteiger partial charge in [0.25, 0.3) is 0 Å². The summed E-state index contributed by atoms with van der Waals surface area (Å²) in [5.74, 6) is 0.754. The third-order valence-electron chi connectivity index (χ3n) is 4.21. The van der Waals surface area contributed by atoms with Gasteiger partial charge in [-0.05, 0) is 64.7 Å². The van der Waals surface area contributed by atoms with Crippen molar-refractivity contribution >= 4 is 11.6 Å². The van der Waals surface area contributed by atoms with Crippen molar-refractivity contribution in [3.8, 4) is 0 Å². The van der Waals surface area contributed by atoms with Crippen LogP contribution in [0.15, 0.2) is 0 Å². The van der Waals surface area contributed by atoms with Crippen LogP contribution in [0.4, 0.5) is 0 Å². The van der Waals surface area contributed by atoms with Crippen molar-refractivity contribution in [3.05, 3.63) is 0 Å². The van der Waals surface area contributed by atoms with E-state index in [0.717, 1.165) is 5.92 Å². The van der Waals surface area contributed by atoms with Crippen molar-refractivity contribution < 1.29 is 0 Å². The van der Waals surface area contributed by atoms with Gasteiger partial charge in [-0.25, -0.2) is 0 Å². The molecule has 0 spiro atoms. The lowest BCUT2D eigenvalue weighted by molar-refractivity contribution is 0.163. The molecule has 0 aromatic heterocycles. The number of hydrogen-bond donors (Lipinski definition) is 0. The van der Waals surface area contributed by atoms with Gasteiger partial charge in [-0.1, -0.05) is 0 Å². The van der Waals surface area contributed by atoms with Gasteiger partial charge < -0.3 is 9.80 Å². The van der Waals surface area contributed by atoms with Crippen LogP contribution < -0.4 is 0 Å². The van der Waals surface area contributed by atoms with Crippen molar-refractivity contribution in [1.82, 2.24) is 9.80 Å². The lowest BCUT2D eigenvalue weighted by Crippen LogP contribution is -2.40. The van der Waals surface area contributed by atoms with E-state index in [4.69, 9.17) is 11.6 Å². The van der Waals surface area contributed by atoms with Gasteiger partial charge in [0, 0.05) is 18.5 Å². The fourth-order valence-corrected chi connectivity index (χ4v) is 3.18. The molecule has 94 valence electrons. The molecule has 2 aliphatic heterocycles. The van der Waals surface area contributed by atoms with Crippen molar-refractivity contribution in [2.75, 3.05) is 39.3 Å². The van der Waals surface area contributed by atoms with Gasteiger partial charge in [0.05, 0.1) is 0 Å². The molecule has 2 aliphatic rings. The summed E-state index contributed by atoms with van der Waals surface area (Å²) < 4.78 is 0. The molecule has 0 N–H and O–H groups in total. The van der Waals surface area contributed by atoms with E-state index in [1.807, 2.05) is 0 Å². The van der Waals surface area contributed by atoms with E-state index in [2.05, 4.69) is 16.7 Å². The van der Waals surface area contributed by atoms with Crippen LogP contribution in [-0.4, -0.2) is 54.4 Å². The zero-order valence-electron chi connectivity index (χ0n) is 10.5. The standard InChI is InChI=1S/C13H25ClN2/c1-12(14)13-4-8-16(9-5-13)11-10-15-6-2-3-7-15/h12-13H,2-11H2,1H3. The average Bonchev–Trinajstić information content (AvgIpc) is 2.80. The summed E-state index contributed by atoms with van der Waals surface area (Å²) in [6.45, 7) is 9.87. The molecular formula is C13H25ClN2. The molecule has 0 aromatic carbocycles. The Morgan fingerprint density at radius 2 is 1.50 bits per heavy atom. The molecule has 0 amide bonds. The Balaban J connectivity index is 1.61. The van der Waals surface area contributed by atoms with Crippen LogP contribution in [0, 0.1) is 5.92 Å². The number of likely N-dealkylation sites (tertiary alicyclic amines) is 2. The fraction of sp³-hybridized carbons (Fsp3) is 1.00. The van der Waals surface area contributed by atoms with Crippen LogP contribution in [0.5, 0.6) is 0 Å². The summed E-state index contributed by atoms with van der Waals surface area (Å²) in [6, 6.07) is 0. The topological polar surface area (TPSA) is 6.48 Å². The molecule has 2 saturated heterocycles. The van der Waals surface area contributed by atoms with Crippen LogP contribution in [0.1, 0.15) is 32.6 Å². The fourth-order valence-electron chi connectivity index (χ4n) is 2.92. The Morgan fingerprint density at radius 1 is 1.00 bits per heavy atom. The maximum absolute atomic E-state index is 6.16. The maximum Gasteiger partial charge on any atom is 0.0337 e. The molecule has 2 rings (SSSR count). The minimum Gasteiger partial charge on any atom is -0.302 e. The van der Waals surface area contributed by atoms with E-state index in [-0.39, 0.29) is 0 Å². The molecule has 0 aliphatic carbocycles. The number of rotatable bonds is 4. The van der Waals surface area contributed by atoms with E-state index in [9.17, 15) is 0 Å². The lowest BCUT2D eigenvalue weighted by Gasteiger charge is -2.33. The van der Waals surface area contributed by atoms with Gasteiger partial charge in [-0.2, -0.15) is 0 Å². The molecule has 0 saturated carbocycles. The Morgan fingerprint density at radius 3 is 2.00 bits per heavy atom. The molecular weight excluding hydrogens is 220 g/mol. The van der Waals surface area contributed by atoms with Crippen LogP contribution >= 0.6 is 11.6 Å². The first-order valence-corrected chi connectivity index (χ1v) is 7.28. The molecule has 0 bridgehead atoms. The highest BCUT2D eigenvalue weighted by atomic mass is 35.5. The molecule has 3 heteroatoms. The predicted molar refractivity (Wildman–Crippen MR) is 70.2 cm³/mol. The van der Waals surface area contributed by atoms with Crippen molar-refractivity contribution in [1.29, 1.82) is 0 Å². The second kappa shape index (κ2) is 6.23. The lowest BCUT2D eigenvalue weighted by atomic mass is 9.94. The van der Waals surface area contributed by atoms with Gasteiger partial charge in [0.2, 0.25) is 0 Å². The highest BCUT2D eigenvalue weighted by Gasteiger charge is 2.22. The summed E-state index contributed by atoms with van der Waals surface area (Å²) >= 11 is 6.16. The number of nitrogens with zero attached hydrogens (tertiary/aromatic N) is 2. The molecule has 2 heterocycles. The summed E-state index contributed by atoms with van der Waals surface area (Å²) in [5, 5.41) is 0.362. The molecule has 2 fully saturated rings. The number of hydrogen-bond acceptors (Lipinski definition) is 2. The summed E-state index contributed by atoms with van der Waals surface area (Å²) in [7, 11) is 0. The SMILES string of the molecule is CC(Cl)C1CCN(CCN2CCCC2)CC1. The van der Waals surface area contributed by atoms with Crippen molar-refractivity contribution in [2.24, 2.45) is 5.92 Å². The van der Waals surface area contributed by atoms with Gasteiger partial charge in [-0.15, -0.1) is 11.6 Å². The van der Waals surface area contributed by atoms with Crippen molar-refractivity contribution in [2.45, 2.75) is 38.0 Å². The Bertz CT molecular complexity index is 194. The van der Waals surface area contributed by atoms with E-state index in [0.29, 0.717) is 5.38 Å². The third-order valence-corrected chi connectivity index (χ3v) is 4.57. The van der Waals surface area contributed by atoms with Crippen LogP contribution in [0.3, 0.4) is 0 Å². The first-order chi connectivity index (χ1) is 7.75. The normalized spacial score (nSPS) is 27.4. The minimum absolute atomic E-state index is 0.362. The molecule has 0 aromatic rings. The minimum atomic E-state index is 0.362. The number of alkyl halides is 1. The maximum atomic E-state index is 6.16. The first-order valence-electron chi connectivity index (χ1n) is 6.84. The molecule has 16 heavy (non-hydrogen) atoms. The van der Waals surface area contributed by atoms with E-state index < -0.39 is 0 Å². The zero-order chi connectivity index (χ0) is 11.4. The number of piperidine rings is 1. The summed E-state index contributed by atoms with van der Waals surface area (Å²) in [5.41, 5.74) is 0. The van der Waals surface area contributed by atoms with E-state index in [1.165, 1.54) is 65.0 Å². The summed E-state index contributed by atoms with van der Waals surface area (Å²) in [6.07, 6.45) is 5.41. The molecule has 2 nitrogen and oxygen atoms in total. The van der Waals surface area contributed by atoms with E-state index >= 15 is 0 Å². The zero-order valence-corrected chi connectivity index (χ0v) is 11.3. The van der Waals surface area contributed by atoms with Crippen LogP contribution in [-0.2, 0) is 0 Å². The van der Waals surface area contributed by atoms with Gasteiger partial charge in [0.15, 0.2) is 0 Å². The second-order valence-electron chi connectivity index (χ2n) is 5.41. The Kier molecular flexibility index (Phi) is 4.93. The third kappa shape index (κ3) is 3.61. The number of halogens is 1. The monoisotopic (exact) mass is 244 g/mol. The molecule has 0 radical (unpaired) electrons. The second-order valence-corrected chi connectivity index (χ2v) is 6.09.